The molecular formula is C22H35N5O2. The normalized spacial score (nSPS) is 14.6. The van der Waals surface area contributed by atoms with Crippen LogP contribution in [0.4, 0.5) is 0 Å². The third kappa shape index (κ3) is 6.59. The SMILES string of the molecule is CCCCCNC(=O)C1CCN(C(=O)CCc2c(C)nn(CCC#N)c2C)CC1. The van der Waals surface area contributed by atoms with Crippen LogP contribution in [0.5, 0.6) is 0 Å². The molecule has 2 heterocycles. The molecule has 0 saturated carbocycles. The van der Waals surface area contributed by atoms with Gasteiger partial charge < -0.3 is 10.2 Å². The van der Waals surface area contributed by atoms with Crippen molar-refractivity contribution >= 4 is 11.8 Å². The van der Waals surface area contributed by atoms with Gasteiger partial charge in [-0.05, 0) is 45.1 Å². The number of nitrogens with one attached hydrogen (secondary N) is 1. The zero-order chi connectivity index (χ0) is 21.2. The predicted octanol–water partition coefficient (Wildman–Crippen LogP) is 2.89. The van der Waals surface area contributed by atoms with E-state index < -0.39 is 0 Å². The van der Waals surface area contributed by atoms with Gasteiger partial charge in [0, 0.05) is 37.7 Å². The summed E-state index contributed by atoms with van der Waals surface area (Å²) in [5.41, 5.74) is 3.09. The molecule has 1 aliphatic heterocycles. The molecule has 1 fully saturated rings. The van der Waals surface area contributed by atoms with Crippen LogP contribution in [0.15, 0.2) is 0 Å². The highest BCUT2D eigenvalue weighted by molar-refractivity contribution is 5.80. The van der Waals surface area contributed by atoms with Crippen LogP contribution in [-0.2, 0) is 22.6 Å². The number of aryl methyl sites for hydroxylation is 2. The minimum Gasteiger partial charge on any atom is -0.356 e. The number of amides is 2. The number of aromatic nitrogens is 2. The molecule has 1 N–H and O–H groups in total. The van der Waals surface area contributed by atoms with E-state index in [1.165, 1.54) is 0 Å². The number of carbonyl (C=O) groups is 2. The Morgan fingerprint density at radius 3 is 2.62 bits per heavy atom. The van der Waals surface area contributed by atoms with Gasteiger partial charge in [0.25, 0.3) is 0 Å². The van der Waals surface area contributed by atoms with Gasteiger partial charge in [0.05, 0.1) is 24.7 Å². The lowest BCUT2D eigenvalue weighted by Gasteiger charge is -2.31. The molecule has 0 spiro atoms. The highest BCUT2D eigenvalue weighted by atomic mass is 16.2. The van der Waals surface area contributed by atoms with Crippen LogP contribution >= 0.6 is 0 Å². The molecular weight excluding hydrogens is 366 g/mol. The van der Waals surface area contributed by atoms with E-state index in [1.807, 2.05) is 23.4 Å². The van der Waals surface area contributed by atoms with E-state index in [0.29, 0.717) is 38.9 Å². The molecule has 0 atom stereocenters. The maximum atomic E-state index is 12.6. The largest absolute Gasteiger partial charge is 0.356 e. The zero-order valence-corrected chi connectivity index (χ0v) is 18.2. The molecule has 0 bridgehead atoms. The summed E-state index contributed by atoms with van der Waals surface area (Å²) in [5.74, 6) is 0.322. The summed E-state index contributed by atoms with van der Waals surface area (Å²) in [6, 6.07) is 2.14. The van der Waals surface area contributed by atoms with Crippen molar-refractivity contribution in [2.24, 2.45) is 5.92 Å². The van der Waals surface area contributed by atoms with E-state index >= 15 is 0 Å². The average Bonchev–Trinajstić information content (AvgIpc) is 3.00. The quantitative estimate of drug-likeness (QED) is 0.610. The third-order valence-corrected chi connectivity index (χ3v) is 5.85. The number of rotatable bonds is 10. The fraction of sp³-hybridized carbons (Fsp3) is 0.727. The lowest BCUT2D eigenvalue weighted by atomic mass is 9.95. The second-order valence-electron chi connectivity index (χ2n) is 7.93. The minimum atomic E-state index is 0.0310. The van der Waals surface area contributed by atoms with Crippen molar-refractivity contribution in [3.05, 3.63) is 17.0 Å². The van der Waals surface area contributed by atoms with Crippen LogP contribution in [0.3, 0.4) is 0 Å². The number of hydrogen-bond donors (Lipinski definition) is 1. The molecule has 160 valence electrons. The van der Waals surface area contributed by atoms with E-state index in [1.54, 1.807) is 0 Å². The Kier molecular flexibility index (Phi) is 9.17. The smallest absolute Gasteiger partial charge is 0.223 e. The van der Waals surface area contributed by atoms with E-state index in [-0.39, 0.29) is 17.7 Å². The number of hydrogen-bond acceptors (Lipinski definition) is 4. The van der Waals surface area contributed by atoms with Crippen molar-refractivity contribution in [3.8, 4) is 6.07 Å². The zero-order valence-electron chi connectivity index (χ0n) is 18.2. The van der Waals surface area contributed by atoms with Gasteiger partial charge in [-0.2, -0.15) is 10.4 Å². The van der Waals surface area contributed by atoms with Gasteiger partial charge in [-0.25, -0.2) is 0 Å². The average molecular weight is 402 g/mol. The molecule has 7 nitrogen and oxygen atoms in total. The van der Waals surface area contributed by atoms with Crippen LogP contribution in [0.25, 0.3) is 0 Å². The molecule has 0 unspecified atom stereocenters. The lowest BCUT2D eigenvalue weighted by molar-refractivity contribution is -0.135. The Bertz CT molecular complexity index is 726. The predicted molar refractivity (Wildman–Crippen MR) is 112 cm³/mol. The second-order valence-corrected chi connectivity index (χ2v) is 7.93. The summed E-state index contributed by atoms with van der Waals surface area (Å²) in [7, 11) is 0. The number of carbonyl (C=O) groups excluding carboxylic acids is 2. The van der Waals surface area contributed by atoms with Gasteiger partial charge in [-0.3, -0.25) is 14.3 Å². The molecule has 0 aliphatic carbocycles. The number of nitrogens with zero attached hydrogens (tertiary/aromatic N) is 4. The van der Waals surface area contributed by atoms with Gasteiger partial charge >= 0.3 is 0 Å². The summed E-state index contributed by atoms with van der Waals surface area (Å²) in [6.07, 6.45) is 6.37. The van der Waals surface area contributed by atoms with Crippen LogP contribution in [0, 0.1) is 31.1 Å². The summed E-state index contributed by atoms with van der Waals surface area (Å²) >= 11 is 0. The van der Waals surface area contributed by atoms with Crippen molar-refractivity contribution in [1.82, 2.24) is 20.0 Å². The van der Waals surface area contributed by atoms with E-state index in [4.69, 9.17) is 5.26 Å². The Balaban J connectivity index is 1.77. The van der Waals surface area contributed by atoms with E-state index in [0.717, 1.165) is 55.6 Å². The Labute approximate surface area is 174 Å². The molecule has 1 aromatic rings. The van der Waals surface area contributed by atoms with E-state index in [2.05, 4.69) is 23.4 Å². The molecule has 0 radical (unpaired) electrons. The Hall–Kier alpha value is -2.36. The van der Waals surface area contributed by atoms with Crippen molar-refractivity contribution in [2.45, 2.75) is 78.7 Å². The van der Waals surface area contributed by atoms with Crippen molar-refractivity contribution in [2.75, 3.05) is 19.6 Å². The van der Waals surface area contributed by atoms with Crippen LogP contribution in [-0.4, -0.2) is 46.1 Å². The molecule has 1 aliphatic rings. The fourth-order valence-electron chi connectivity index (χ4n) is 3.98. The molecule has 2 rings (SSSR count). The standard InChI is InChI=1S/C22H35N5O2/c1-4-5-6-13-24-22(29)19-10-15-26(16-11-19)21(28)9-8-20-17(2)25-27(18(20)3)14-7-12-23/h19H,4-11,13-16H2,1-3H3,(H,24,29). The van der Waals surface area contributed by atoms with Crippen molar-refractivity contribution in [1.29, 1.82) is 5.26 Å². The summed E-state index contributed by atoms with van der Waals surface area (Å²) < 4.78 is 1.86. The first-order valence-electron chi connectivity index (χ1n) is 10.9. The highest BCUT2D eigenvalue weighted by Gasteiger charge is 2.27. The number of piperidine rings is 1. The van der Waals surface area contributed by atoms with E-state index in [9.17, 15) is 9.59 Å². The highest BCUT2D eigenvalue weighted by Crippen LogP contribution is 2.20. The maximum absolute atomic E-state index is 12.6. The minimum absolute atomic E-state index is 0.0310. The van der Waals surface area contributed by atoms with Gasteiger partial charge in [0.1, 0.15) is 0 Å². The van der Waals surface area contributed by atoms with Crippen LogP contribution < -0.4 is 5.32 Å². The topological polar surface area (TPSA) is 91.0 Å². The van der Waals surface area contributed by atoms with Gasteiger partial charge in [0.15, 0.2) is 0 Å². The van der Waals surface area contributed by atoms with Gasteiger partial charge in [-0.15, -0.1) is 0 Å². The Morgan fingerprint density at radius 2 is 1.97 bits per heavy atom. The molecule has 1 saturated heterocycles. The molecule has 1 aromatic heterocycles. The maximum Gasteiger partial charge on any atom is 0.223 e. The van der Waals surface area contributed by atoms with Gasteiger partial charge in [0.2, 0.25) is 11.8 Å². The van der Waals surface area contributed by atoms with Crippen molar-refractivity contribution in [3.63, 3.8) is 0 Å². The van der Waals surface area contributed by atoms with Crippen LogP contribution in [0.2, 0.25) is 0 Å². The molecule has 0 aromatic carbocycles. The molecule has 2 amide bonds. The van der Waals surface area contributed by atoms with Crippen molar-refractivity contribution < 1.29 is 9.59 Å². The first kappa shape index (κ1) is 22.9. The summed E-state index contributed by atoms with van der Waals surface area (Å²) in [6.45, 7) is 8.77. The lowest BCUT2D eigenvalue weighted by Crippen LogP contribution is -2.43. The first-order chi connectivity index (χ1) is 14.0. The van der Waals surface area contributed by atoms with Gasteiger partial charge in [-0.1, -0.05) is 19.8 Å². The monoisotopic (exact) mass is 401 g/mol. The Morgan fingerprint density at radius 1 is 1.24 bits per heavy atom. The summed E-state index contributed by atoms with van der Waals surface area (Å²) in [4.78, 5) is 26.8. The first-order valence-corrected chi connectivity index (χ1v) is 10.9. The van der Waals surface area contributed by atoms with Crippen LogP contribution in [0.1, 0.15) is 68.8 Å². The second kappa shape index (κ2) is 11.6. The number of likely N-dealkylation sites (tertiary alicyclic amines) is 1. The number of unbranched alkanes of at least 4 members (excludes halogenated alkanes) is 2. The molecule has 7 heteroatoms. The third-order valence-electron chi connectivity index (χ3n) is 5.85. The summed E-state index contributed by atoms with van der Waals surface area (Å²) in [5, 5.41) is 16.3. The fourth-order valence-corrected chi connectivity index (χ4v) is 3.98. The molecule has 29 heavy (non-hydrogen) atoms. The number of nitriles is 1.